The lowest BCUT2D eigenvalue weighted by molar-refractivity contribution is 0.174. The zero-order valence-electron chi connectivity index (χ0n) is 12.2. The summed E-state index contributed by atoms with van der Waals surface area (Å²) in [6.45, 7) is 4.20. The van der Waals surface area contributed by atoms with Gasteiger partial charge in [-0.25, -0.2) is 4.79 Å². The first kappa shape index (κ1) is 13.0. The number of ether oxygens (including phenoxy) is 2. The molecule has 1 aromatic heterocycles. The summed E-state index contributed by atoms with van der Waals surface area (Å²) in [6, 6.07) is 6.63. The number of hydrogen-bond acceptors (Lipinski definition) is 5. The molecular weight excluding hydrogens is 284 g/mol. The third kappa shape index (κ3) is 1.75. The molecule has 0 aliphatic carbocycles. The fourth-order valence-corrected chi connectivity index (χ4v) is 2.92. The molecule has 0 amide bonds. The molecule has 1 N–H and O–H groups in total. The van der Waals surface area contributed by atoms with Crippen molar-refractivity contribution in [1.29, 1.82) is 0 Å². The molecule has 22 heavy (non-hydrogen) atoms. The molecule has 112 valence electrons. The Kier molecular flexibility index (Phi) is 2.60. The molecule has 2 aromatic carbocycles. The van der Waals surface area contributed by atoms with Crippen molar-refractivity contribution in [1.82, 2.24) is 0 Å². The zero-order chi connectivity index (χ0) is 15.4. The number of benzene rings is 2. The van der Waals surface area contributed by atoms with Gasteiger partial charge in [0.25, 0.3) is 0 Å². The van der Waals surface area contributed by atoms with Crippen molar-refractivity contribution in [3.63, 3.8) is 0 Å². The van der Waals surface area contributed by atoms with Crippen LogP contribution in [-0.2, 0) is 0 Å². The van der Waals surface area contributed by atoms with Crippen molar-refractivity contribution >= 4 is 21.7 Å². The van der Waals surface area contributed by atoms with Crippen molar-refractivity contribution < 1.29 is 19.0 Å². The molecule has 1 aliphatic heterocycles. The Bertz CT molecular complexity index is 968. The Labute approximate surface area is 125 Å². The van der Waals surface area contributed by atoms with E-state index < -0.39 is 5.63 Å². The Hall–Kier alpha value is -2.69. The van der Waals surface area contributed by atoms with E-state index in [-0.39, 0.29) is 18.5 Å². The van der Waals surface area contributed by atoms with Crippen LogP contribution in [-0.4, -0.2) is 11.9 Å². The summed E-state index contributed by atoms with van der Waals surface area (Å²) in [6.07, 6.45) is 0. The van der Waals surface area contributed by atoms with Crippen LogP contribution in [0.4, 0.5) is 0 Å². The number of fused-ring (bicyclic) bond motifs is 4. The van der Waals surface area contributed by atoms with Crippen molar-refractivity contribution in [2.75, 3.05) is 6.79 Å². The monoisotopic (exact) mass is 298 g/mol. The normalized spacial score (nSPS) is 13.4. The lowest BCUT2D eigenvalue weighted by atomic mass is 9.95. The van der Waals surface area contributed by atoms with Crippen LogP contribution in [0.2, 0.25) is 0 Å². The number of aromatic hydroxyl groups is 1. The lowest BCUT2D eigenvalue weighted by Gasteiger charge is -2.12. The van der Waals surface area contributed by atoms with Crippen LogP contribution < -0.4 is 15.1 Å². The Morgan fingerprint density at radius 2 is 1.73 bits per heavy atom. The molecule has 0 saturated carbocycles. The fourth-order valence-electron chi connectivity index (χ4n) is 2.92. The highest BCUT2D eigenvalue weighted by Crippen LogP contribution is 2.40. The summed E-state index contributed by atoms with van der Waals surface area (Å²) < 4.78 is 16.1. The first-order valence-corrected chi connectivity index (χ1v) is 7.07. The zero-order valence-corrected chi connectivity index (χ0v) is 12.2. The van der Waals surface area contributed by atoms with E-state index in [1.54, 1.807) is 18.2 Å². The molecule has 4 rings (SSSR count). The van der Waals surface area contributed by atoms with Crippen LogP contribution in [0.1, 0.15) is 25.3 Å². The van der Waals surface area contributed by atoms with E-state index in [2.05, 4.69) is 0 Å². The van der Waals surface area contributed by atoms with E-state index in [9.17, 15) is 9.90 Å². The van der Waals surface area contributed by atoms with E-state index in [0.717, 1.165) is 16.3 Å². The average Bonchev–Trinajstić information content (AvgIpc) is 2.91. The molecule has 0 fully saturated rings. The van der Waals surface area contributed by atoms with Gasteiger partial charge in [-0.15, -0.1) is 0 Å². The van der Waals surface area contributed by atoms with Crippen LogP contribution in [0.5, 0.6) is 17.2 Å². The Balaban J connectivity index is 2.24. The number of phenols is 1. The van der Waals surface area contributed by atoms with Gasteiger partial charge in [-0.05, 0) is 29.7 Å². The highest BCUT2D eigenvalue weighted by atomic mass is 16.7. The van der Waals surface area contributed by atoms with Crippen LogP contribution in [0.3, 0.4) is 0 Å². The van der Waals surface area contributed by atoms with Gasteiger partial charge in [0.05, 0.1) is 5.39 Å². The highest BCUT2D eigenvalue weighted by molar-refractivity contribution is 6.07. The first-order chi connectivity index (χ1) is 10.5. The maximum atomic E-state index is 12.2. The predicted molar refractivity (Wildman–Crippen MR) is 81.9 cm³/mol. The summed E-state index contributed by atoms with van der Waals surface area (Å²) in [5.41, 5.74) is 0.837. The van der Waals surface area contributed by atoms with Crippen molar-refractivity contribution in [2.45, 2.75) is 19.8 Å². The van der Waals surface area contributed by atoms with Gasteiger partial charge < -0.3 is 19.0 Å². The van der Waals surface area contributed by atoms with Gasteiger partial charge in [0, 0.05) is 16.8 Å². The number of phenolic OH excluding ortho intramolecular Hbond substituents is 1. The van der Waals surface area contributed by atoms with E-state index >= 15 is 0 Å². The second-order valence-corrected chi connectivity index (χ2v) is 5.70. The van der Waals surface area contributed by atoms with Gasteiger partial charge >= 0.3 is 5.63 Å². The average molecular weight is 298 g/mol. The van der Waals surface area contributed by atoms with E-state index in [1.807, 2.05) is 13.8 Å². The summed E-state index contributed by atoms with van der Waals surface area (Å²) in [4.78, 5) is 12.2. The third-order valence-corrected chi connectivity index (χ3v) is 3.94. The molecular formula is C17H14O5. The number of hydrogen-bond donors (Lipinski definition) is 1. The minimum atomic E-state index is -0.457. The predicted octanol–water partition coefficient (Wildman–Crippen LogP) is 3.50. The van der Waals surface area contributed by atoms with E-state index in [4.69, 9.17) is 13.9 Å². The molecule has 5 heteroatoms. The summed E-state index contributed by atoms with van der Waals surface area (Å²) in [7, 11) is 0. The van der Waals surface area contributed by atoms with Gasteiger partial charge in [-0.2, -0.15) is 0 Å². The molecule has 0 saturated heterocycles. The van der Waals surface area contributed by atoms with Crippen LogP contribution in [0.15, 0.2) is 33.5 Å². The number of rotatable bonds is 1. The van der Waals surface area contributed by atoms with Crippen molar-refractivity contribution in [2.24, 2.45) is 0 Å². The summed E-state index contributed by atoms with van der Waals surface area (Å²) in [5.74, 6) is 1.40. The highest BCUT2D eigenvalue weighted by Gasteiger charge is 2.20. The van der Waals surface area contributed by atoms with Crippen molar-refractivity contribution in [3.05, 3.63) is 40.2 Å². The molecule has 0 radical (unpaired) electrons. The Morgan fingerprint density at radius 3 is 2.41 bits per heavy atom. The van der Waals surface area contributed by atoms with E-state index in [0.29, 0.717) is 22.5 Å². The van der Waals surface area contributed by atoms with Gasteiger partial charge in [-0.3, -0.25) is 0 Å². The molecule has 2 heterocycles. The van der Waals surface area contributed by atoms with Gasteiger partial charge in [0.1, 0.15) is 11.3 Å². The molecule has 0 unspecified atom stereocenters. The van der Waals surface area contributed by atoms with Crippen molar-refractivity contribution in [3.8, 4) is 17.2 Å². The minimum absolute atomic E-state index is 0.0828. The molecule has 1 aliphatic rings. The molecule has 0 bridgehead atoms. The maximum absolute atomic E-state index is 12.2. The summed E-state index contributed by atoms with van der Waals surface area (Å²) in [5, 5.41) is 11.9. The molecule has 5 nitrogen and oxygen atoms in total. The standard InChI is InChI=1S/C17H14O5/c1-8(2)10-3-9(18)4-15-16(10)11-5-13-14(21-7-20-13)6-12(11)17(19)22-15/h3-6,8,18H,7H2,1-2H3. The van der Waals surface area contributed by atoms with Crippen LogP contribution >= 0.6 is 0 Å². The SMILES string of the molecule is CC(C)c1cc(O)cc2oc(=O)c3cc4c(cc3c12)OCO4. The quantitative estimate of drug-likeness (QED) is 0.550. The lowest BCUT2D eigenvalue weighted by Crippen LogP contribution is -2.02. The summed E-state index contributed by atoms with van der Waals surface area (Å²) >= 11 is 0. The van der Waals surface area contributed by atoms with Gasteiger partial charge in [-0.1, -0.05) is 13.8 Å². The topological polar surface area (TPSA) is 68.9 Å². The Morgan fingerprint density at radius 1 is 1.05 bits per heavy atom. The second-order valence-electron chi connectivity index (χ2n) is 5.70. The smallest absolute Gasteiger partial charge is 0.344 e. The first-order valence-electron chi connectivity index (χ1n) is 7.07. The van der Waals surface area contributed by atoms with E-state index in [1.165, 1.54) is 6.07 Å². The van der Waals surface area contributed by atoms with Gasteiger partial charge in [0.15, 0.2) is 11.5 Å². The molecule has 0 atom stereocenters. The van der Waals surface area contributed by atoms with Gasteiger partial charge in [0.2, 0.25) is 6.79 Å². The second kappa shape index (κ2) is 4.40. The largest absolute Gasteiger partial charge is 0.508 e. The minimum Gasteiger partial charge on any atom is -0.508 e. The maximum Gasteiger partial charge on any atom is 0.344 e. The molecule has 3 aromatic rings. The van der Waals surface area contributed by atoms with Crippen LogP contribution in [0, 0.1) is 0 Å². The fraction of sp³-hybridized carbons (Fsp3) is 0.235. The molecule has 0 spiro atoms. The van der Waals surface area contributed by atoms with Crippen LogP contribution in [0.25, 0.3) is 21.7 Å². The third-order valence-electron chi connectivity index (χ3n) is 3.94.